The quantitative estimate of drug-likeness (QED) is 0.433. The minimum Gasteiger partial charge on any atom is -0.457 e. The van der Waals surface area contributed by atoms with Crippen molar-refractivity contribution in [3.63, 3.8) is 0 Å². The molecule has 2 rings (SSSR count). The Labute approximate surface area is 187 Å². The number of nitrogens with zero attached hydrogens (tertiary/aromatic N) is 1. The lowest BCUT2D eigenvalue weighted by molar-refractivity contribution is -0.119. The molecule has 0 bridgehead atoms. The highest BCUT2D eigenvalue weighted by Crippen LogP contribution is 2.32. The second-order valence-corrected chi connectivity index (χ2v) is 6.89. The maximum Gasteiger partial charge on any atom is 0.414 e. The number of hydrogen-bond acceptors (Lipinski definition) is 6. The van der Waals surface area contributed by atoms with Gasteiger partial charge in [-0.3, -0.25) is 20.2 Å². The predicted octanol–water partition coefficient (Wildman–Crippen LogP) is 4.48. The highest BCUT2D eigenvalue weighted by Gasteiger charge is 2.14. The Kier molecular flexibility index (Phi) is 9.22. The number of amides is 3. The molecule has 0 radical (unpaired) electrons. The Morgan fingerprint density at radius 1 is 1.00 bits per heavy atom. The van der Waals surface area contributed by atoms with Crippen LogP contribution in [-0.2, 0) is 14.3 Å². The molecule has 0 saturated carbocycles. The van der Waals surface area contributed by atoms with Crippen LogP contribution < -0.4 is 20.7 Å². The van der Waals surface area contributed by atoms with Crippen LogP contribution >= 0.6 is 0 Å². The molecule has 3 amide bonds. The van der Waals surface area contributed by atoms with Gasteiger partial charge in [0, 0.05) is 19.4 Å². The zero-order valence-corrected chi connectivity index (χ0v) is 18.6. The molecule has 0 heterocycles. The SMILES string of the molecule is CCC(=O)NC(=Nc1ccc(Oc2ccccc2)cc1NC(C)=O)NC(=O)OC(C)CC. The number of carbonyl (C=O) groups is 3. The van der Waals surface area contributed by atoms with Gasteiger partial charge in [0.15, 0.2) is 0 Å². The van der Waals surface area contributed by atoms with Crippen molar-refractivity contribution in [2.24, 2.45) is 4.99 Å². The third-order valence-electron chi connectivity index (χ3n) is 4.17. The first-order valence-electron chi connectivity index (χ1n) is 10.3. The second kappa shape index (κ2) is 12.1. The summed E-state index contributed by atoms with van der Waals surface area (Å²) >= 11 is 0. The van der Waals surface area contributed by atoms with Crippen LogP contribution in [0.5, 0.6) is 11.5 Å². The van der Waals surface area contributed by atoms with E-state index in [-0.39, 0.29) is 30.3 Å². The number of benzene rings is 2. The van der Waals surface area contributed by atoms with Crippen LogP contribution in [0.25, 0.3) is 0 Å². The fourth-order valence-corrected chi connectivity index (χ4v) is 2.41. The Bertz CT molecular complexity index is 976. The molecule has 3 N–H and O–H groups in total. The maximum absolute atomic E-state index is 12.1. The van der Waals surface area contributed by atoms with Gasteiger partial charge in [-0.2, -0.15) is 0 Å². The molecule has 0 saturated heterocycles. The van der Waals surface area contributed by atoms with Crippen molar-refractivity contribution in [1.29, 1.82) is 0 Å². The molecule has 1 unspecified atom stereocenters. The predicted molar refractivity (Wildman–Crippen MR) is 122 cm³/mol. The first-order valence-corrected chi connectivity index (χ1v) is 10.3. The molecule has 170 valence electrons. The molecule has 0 aliphatic heterocycles. The van der Waals surface area contributed by atoms with Crippen molar-refractivity contribution in [2.45, 2.75) is 46.6 Å². The molecule has 0 fully saturated rings. The van der Waals surface area contributed by atoms with Crippen LogP contribution in [0, 0.1) is 0 Å². The van der Waals surface area contributed by atoms with Gasteiger partial charge >= 0.3 is 6.09 Å². The Balaban J connectivity index is 2.35. The van der Waals surface area contributed by atoms with Crippen molar-refractivity contribution < 1.29 is 23.9 Å². The summed E-state index contributed by atoms with van der Waals surface area (Å²) in [7, 11) is 0. The number of para-hydroxylation sites is 1. The third kappa shape index (κ3) is 8.10. The summed E-state index contributed by atoms with van der Waals surface area (Å²) in [5.74, 6) is 0.317. The lowest BCUT2D eigenvalue weighted by Crippen LogP contribution is -2.44. The van der Waals surface area contributed by atoms with Gasteiger partial charge in [0.1, 0.15) is 17.6 Å². The third-order valence-corrected chi connectivity index (χ3v) is 4.17. The number of alkyl carbamates (subject to hydrolysis) is 1. The summed E-state index contributed by atoms with van der Waals surface area (Å²) in [6.07, 6.45) is -0.234. The van der Waals surface area contributed by atoms with Gasteiger partial charge in [-0.15, -0.1) is 0 Å². The number of aliphatic imine (C=N–C) groups is 1. The van der Waals surface area contributed by atoms with E-state index in [1.54, 1.807) is 44.2 Å². The Hall–Kier alpha value is -3.88. The fourth-order valence-electron chi connectivity index (χ4n) is 2.41. The summed E-state index contributed by atoms with van der Waals surface area (Å²) in [6, 6.07) is 14.0. The molecule has 0 aromatic heterocycles. The highest BCUT2D eigenvalue weighted by atomic mass is 16.6. The molecular weight excluding hydrogens is 412 g/mol. The molecule has 0 spiro atoms. The van der Waals surface area contributed by atoms with E-state index >= 15 is 0 Å². The van der Waals surface area contributed by atoms with Crippen LogP contribution in [0.1, 0.15) is 40.5 Å². The summed E-state index contributed by atoms with van der Waals surface area (Å²) in [5.41, 5.74) is 0.641. The number of hydrogen-bond donors (Lipinski definition) is 3. The van der Waals surface area contributed by atoms with Gasteiger partial charge in [-0.25, -0.2) is 9.79 Å². The van der Waals surface area contributed by atoms with Crippen molar-refractivity contribution in [3.8, 4) is 11.5 Å². The average molecular weight is 441 g/mol. The number of nitrogens with one attached hydrogen (secondary N) is 3. The maximum atomic E-state index is 12.1. The highest BCUT2D eigenvalue weighted by molar-refractivity contribution is 6.04. The summed E-state index contributed by atoms with van der Waals surface area (Å²) in [5, 5.41) is 7.66. The van der Waals surface area contributed by atoms with Gasteiger partial charge in [-0.05, 0) is 37.6 Å². The first-order chi connectivity index (χ1) is 15.3. The Morgan fingerprint density at radius 3 is 2.34 bits per heavy atom. The summed E-state index contributed by atoms with van der Waals surface area (Å²) in [4.78, 5) is 40.1. The summed E-state index contributed by atoms with van der Waals surface area (Å²) < 4.78 is 11.0. The minimum absolute atomic E-state index is 0.117. The number of ether oxygens (including phenoxy) is 2. The Morgan fingerprint density at radius 2 is 1.72 bits per heavy atom. The zero-order valence-electron chi connectivity index (χ0n) is 18.6. The smallest absolute Gasteiger partial charge is 0.414 e. The van der Waals surface area contributed by atoms with Gasteiger partial charge < -0.3 is 14.8 Å². The number of anilines is 1. The first kappa shape index (κ1) is 24.4. The van der Waals surface area contributed by atoms with Crippen LogP contribution in [0.3, 0.4) is 0 Å². The van der Waals surface area contributed by atoms with Crippen LogP contribution in [-0.4, -0.2) is 30.0 Å². The molecule has 32 heavy (non-hydrogen) atoms. The van der Waals surface area contributed by atoms with Crippen LogP contribution in [0.4, 0.5) is 16.2 Å². The number of rotatable bonds is 7. The lowest BCUT2D eigenvalue weighted by Gasteiger charge is -2.15. The lowest BCUT2D eigenvalue weighted by atomic mass is 10.2. The van der Waals surface area contributed by atoms with Crippen molar-refractivity contribution >= 4 is 35.2 Å². The second-order valence-electron chi connectivity index (χ2n) is 6.89. The summed E-state index contributed by atoms with van der Waals surface area (Å²) in [6.45, 7) is 6.66. The molecule has 0 aliphatic carbocycles. The number of carbonyl (C=O) groups excluding carboxylic acids is 3. The molecule has 0 aliphatic rings. The van der Waals surface area contributed by atoms with E-state index < -0.39 is 6.09 Å². The largest absolute Gasteiger partial charge is 0.457 e. The van der Waals surface area contributed by atoms with E-state index in [0.29, 0.717) is 29.3 Å². The van der Waals surface area contributed by atoms with Gasteiger partial charge in [0.25, 0.3) is 0 Å². The standard InChI is InChI=1S/C23H28N4O5/c1-5-15(3)31-23(30)27-22(26-21(29)6-2)25-19-13-12-18(14-20(19)24-16(4)28)32-17-10-8-7-9-11-17/h7-15H,5-6H2,1-4H3,(H,24,28)(H2,25,26,27,29,30). The van der Waals surface area contributed by atoms with E-state index in [4.69, 9.17) is 9.47 Å². The minimum atomic E-state index is -0.750. The van der Waals surface area contributed by atoms with Crippen molar-refractivity contribution in [3.05, 3.63) is 48.5 Å². The fraction of sp³-hybridized carbons (Fsp3) is 0.304. The number of guanidine groups is 1. The molecule has 2 aromatic rings. The van der Waals surface area contributed by atoms with E-state index in [9.17, 15) is 14.4 Å². The van der Waals surface area contributed by atoms with E-state index in [1.807, 2.05) is 25.1 Å². The normalized spacial score (nSPS) is 11.8. The monoisotopic (exact) mass is 440 g/mol. The molecule has 1 atom stereocenters. The van der Waals surface area contributed by atoms with E-state index in [1.165, 1.54) is 6.92 Å². The topological polar surface area (TPSA) is 118 Å². The van der Waals surface area contributed by atoms with Gasteiger partial charge in [0.2, 0.25) is 17.8 Å². The molecular formula is C23H28N4O5. The van der Waals surface area contributed by atoms with E-state index in [2.05, 4.69) is 20.9 Å². The molecule has 2 aromatic carbocycles. The van der Waals surface area contributed by atoms with Crippen LogP contribution in [0.2, 0.25) is 0 Å². The average Bonchev–Trinajstić information content (AvgIpc) is 2.75. The molecule has 9 nitrogen and oxygen atoms in total. The van der Waals surface area contributed by atoms with Gasteiger partial charge in [0.05, 0.1) is 11.4 Å². The molecule has 9 heteroatoms. The van der Waals surface area contributed by atoms with Gasteiger partial charge in [-0.1, -0.05) is 32.0 Å². The zero-order chi connectivity index (χ0) is 23.5. The van der Waals surface area contributed by atoms with Crippen molar-refractivity contribution in [1.82, 2.24) is 10.6 Å². The van der Waals surface area contributed by atoms with E-state index in [0.717, 1.165) is 0 Å². The van der Waals surface area contributed by atoms with Crippen LogP contribution in [0.15, 0.2) is 53.5 Å². The van der Waals surface area contributed by atoms with Crippen molar-refractivity contribution in [2.75, 3.05) is 5.32 Å².